The molecule has 0 bridgehead atoms. The van der Waals surface area contributed by atoms with E-state index in [0.29, 0.717) is 23.9 Å². The minimum absolute atomic E-state index is 0.0310. The van der Waals surface area contributed by atoms with Crippen LogP contribution in [0.5, 0.6) is 0 Å². The van der Waals surface area contributed by atoms with E-state index in [0.717, 1.165) is 89.9 Å². The van der Waals surface area contributed by atoms with E-state index in [2.05, 4.69) is 111 Å². The van der Waals surface area contributed by atoms with Crippen LogP contribution in [0.4, 0.5) is 0 Å². The topological polar surface area (TPSA) is 108 Å². The summed E-state index contributed by atoms with van der Waals surface area (Å²) in [5.41, 5.74) is 0. The fraction of sp³-hybridized carbons (Fsp3) is 0.786. The third-order valence-corrected chi connectivity index (χ3v) is 18.6. The normalized spacial score (nSPS) is 13.6. The number of quaternary nitrogens is 1. The molecule has 0 aromatic carbocycles. The summed E-state index contributed by atoms with van der Waals surface area (Å²) in [4.78, 5) is 36.0. The molecule has 0 heterocycles. The number of hydrogen-bond donors (Lipinski definition) is 1. The maximum atomic E-state index is 12.9. The number of carbonyl (C=O) groups excluding carboxylic acids is 2. The van der Waals surface area contributed by atoms with Gasteiger partial charge in [0.1, 0.15) is 19.8 Å². The lowest BCUT2D eigenvalue weighted by Crippen LogP contribution is -2.37. The van der Waals surface area contributed by atoms with Crippen LogP contribution in [-0.2, 0) is 32.7 Å². The van der Waals surface area contributed by atoms with Gasteiger partial charge in [0.2, 0.25) is 0 Å². The zero-order valence-electron chi connectivity index (χ0n) is 62.4. The zero-order valence-corrected chi connectivity index (χ0v) is 63.3. The van der Waals surface area contributed by atoms with E-state index in [1.807, 2.05) is 21.1 Å². The molecule has 10 heteroatoms. The minimum Gasteiger partial charge on any atom is -0.462 e. The van der Waals surface area contributed by atoms with E-state index in [1.54, 1.807) is 0 Å². The van der Waals surface area contributed by atoms with Crippen LogP contribution >= 0.6 is 7.82 Å². The number of nitrogens with zero attached hydrogens (tertiary/aromatic N) is 1. The van der Waals surface area contributed by atoms with E-state index in [9.17, 15) is 19.0 Å². The maximum absolute atomic E-state index is 12.9. The fourth-order valence-corrected chi connectivity index (χ4v) is 12.3. The monoisotopic (exact) mass is 1340 g/mol. The van der Waals surface area contributed by atoms with Crippen LogP contribution in [0.15, 0.2) is 97.2 Å². The highest BCUT2D eigenvalue weighted by Crippen LogP contribution is 2.43. The molecule has 2 unspecified atom stereocenters. The summed E-state index contributed by atoms with van der Waals surface area (Å²) in [5.74, 6) is -0.782. The van der Waals surface area contributed by atoms with Gasteiger partial charge >= 0.3 is 19.8 Å². The third kappa shape index (κ3) is 77.9. The Labute approximate surface area is 583 Å². The molecule has 94 heavy (non-hydrogen) atoms. The molecule has 2 atom stereocenters. The van der Waals surface area contributed by atoms with Crippen molar-refractivity contribution in [2.45, 2.75) is 380 Å². The second-order valence-electron chi connectivity index (χ2n) is 28.1. The molecule has 0 aliphatic carbocycles. The molecule has 0 rings (SSSR count). The Morgan fingerprint density at radius 2 is 0.606 bits per heavy atom. The molecule has 546 valence electrons. The molecular weight excluding hydrogens is 1180 g/mol. The van der Waals surface area contributed by atoms with Gasteiger partial charge in [-0.25, -0.2) is 4.57 Å². The Balaban J connectivity index is 3.97. The molecule has 1 N–H and O–H groups in total. The zero-order chi connectivity index (χ0) is 68.3. The van der Waals surface area contributed by atoms with Gasteiger partial charge in [-0.1, -0.05) is 381 Å². The Morgan fingerprint density at radius 1 is 0.340 bits per heavy atom. The molecule has 0 aliphatic heterocycles. The van der Waals surface area contributed by atoms with E-state index >= 15 is 0 Å². The SMILES string of the molecule is CC/C=C\C/C=C\C/C=C\C/C=C\C/C=C\C/C=C\C/C=C\C/C=C\CCCCCCCCCCCCCCCCC(=O)OC(COC(=O)CCCCCCCCCCCCCCCCCCCCCCCCCCCCCCCCC)COP(=O)(O)OCC[N+](C)(C)C. The van der Waals surface area contributed by atoms with Crippen molar-refractivity contribution in [2.75, 3.05) is 47.5 Å². The van der Waals surface area contributed by atoms with Crippen molar-refractivity contribution in [3.8, 4) is 0 Å². The smallest absolute Gasteiger partial charge is 0.462 e. The number of hydrogen-bond acceptors (Lipinski definition) is 7. The van der Waals surface area contributed by atoms with Crippen LogP contribution in [0.2, 0.25) is 0 Å². The van der Waals surface area contributed by atoms with Gasteiger partial charge in [0, 0.05) is 12.8 Å². The average Bonchev–Trinajstić information content (AvgIpc) is 1.56. The van der Waals surface area contributed by atoms with Crippen molar-refractivity contribution in [1.82, 2.24) is 0 Å². The quantitative estimate of drug-likeness (QED) is 0.0211. The van der Waals surface area contributed by atoms with E-state index in [4.69, 9.17) is 18.5 Å². The summed E-state index contributed by atoms with van der Waals surface area (Å²) in [5, 5.41) is 0. The van der Waals surface area contributed by atoms with Gasteiger partial charge in [0.05, 0.1) is 27.7 Å². The molecular formula is C84H153NO8P+. The lowest BCUT2D eigenvalue weighted by molar-refractivity contribution is -0.870. The summed E-state index contributed by atoms with van der Waals surface area (Å²) in [7, 11) is 1.49. The Morgan fingerprint density at radius 3 is 0.904 bits per heavy atom. The standard InChI is InChI=1S/C84H152NO8P/c1-6-8-10-12-14-16-18-20-22-24-26-28-30-32-34-36-38-39-40-41-42-43-44-45-47-49-51-53-55-57-59-61-63-65-67-69-71-73-75-77-84(87)93-82(81-92-94(88,89)91-79-78-85(3,4)5)80-90-83(86)76-74-72-70-68-66-64-62-60-58-56-54-52-50-48-46-37-35-33-31-29-27-25-23-21-19-17-15-13-11-9-7-2/h8,10,14,16,20,22,26,28,32,34,38-39,41-42,44-45,82H,6-7,9,11-13,15,17-19,21,23-25,27,29-31,33,35-37,40,43,46-81H2,1-5H3/p+1/b10-8-,16-14-,22-20-,28-26-,34-32-,39-38-,42-41-,45-44-. The number of rotatable bonds is 74. The van der Waals surface area contributed by atoms with Gasteiger partial charge in [0.25, 0.3) is 0 Å². The van der Waals surface area contributed by atoms with Gasteiger partial charge in [-0.05, 0) is 77.0 Å². The number of carbonyl (C=O) groups is 2. The van der Waals surface area contributed by atoms with Crippen molar-refractivity contribution in [3.63, 3.8) is 0 Å². The molecule has 0 fully saturated rings. The first-order valence-electron chi connectivity index (χ1n) is 40.0. The largest absolute Gasteiger partial charge is 0.472 e. The van der Waals surface area contributed by atoms with Gasteiger partial charge < -0.3 is 18.9 Å². The molecule has 0 aliphatic rings. The summed E-state index contributed by atoms with van der Waals surface area (Å²) in [6, 6.07) is 0. The summed E-state index contributed by atoms with van der Waals surface area (Å²) in [6.07, 6.45) is 104. The van der Waals surface area contributed by atoms with Crippen LogP contribution in [0.1, 0.15) is 373 Å². The Kier molecular flexibility index (Phi) is 71.7. The summed E-state index contributed by atoms with van der Waals surface area (Å²) in [6.45, 7) is 4.38. The number of phosphoric acid groups is 1. The van der Waals surface area contributed by atoms with Crippen molar-refractivity contribution < 1.29 is 42.1 Å². The third-order valence-electron chi connectivity index (χ3n) is 17.6. The summed E-state index contributed by atoms with van der Waals surface area (Å²) < 4.78 is 34.8. The van der Waals surface area contributed by atoms with Gasteiger partial charge in [-0.2, -0.15) is 0 Å². The van der Waals surface area contributed by atoms with E-state index < -0.39 is 26.5 Å². The molecule has 0 amide bonds. The second kappa shape index (κ2) is 74.2. The van der Waals surface area contributed by atoms with Crippen molar-refractivity contribution >= 4 is 19.8 Å². The number of phosphoric ester groups is 1. The van der Waals surface area contributed by atoms with Gasteiger partial charge in [-0.15, -0.1) is 0 Å². The van der Waals surface area contributed by atoms with Gasteiger partial charge in [-0.3, -0.25) is 18.6 Å². The highest BCUT2D eigenvalue weighted by molar-refractivity contribution is 7.47. The van der Waals surface area contributed by atoms with Gasteiger partial charge in [0.15, 0.2) is 6.10 Å². The second-order valence-corrected chi connectivity index (χ2v) is 29.5. The van der Waals surface area contributed by atoms with Crippen LogP contribution in [0.3, 0.4) is 0 Å². The molecule has 0 saturated heterocycles. The molecule has 0 aromatic rings. The first-order chi connectivity index (χ1) is 46.0. The first kappa shape index (κ1) is 90.9. The predicted octanol–water partition coefficient (Wildman–Crippen LogP) is 26.6. The number of esters is 2. The first-order valence-corrected chi connectivity index (χ1v) is 41.5. The highest BCUT2D eigenvalue weighted by Gasteiger charge is 2.27. The van der Waals surface area contributed by atoms with E-state index in [1.165, 1.54) is 250 Å². The maximum Gasteiger partial charge on any atom is 0.472 e. The van der Waals surface area contributed by atoms with Crippen molar-refractivity contribution in [2.24, 2.45) is 0 Å². The minimum atomic E-state index is -4.40. The number of likely N-dealkylation sites (N-methyl/N-ethyl adjacent to an activating group) is 1. The molecule has 9 nitrogen and oxygen atoms in total. The molecule has 0 spiro atoms. The van der Waals surface area contributed by atoms with Crippen molar-refractivity contribution in [3.05, 3.63) is 97.2 Å². The lowest BCUT2D eigenvalue weighted by atomic mass is 10.0. The molecule has 0 saturated carbocycles. The fourth-order valence-electron chi connectivity index (χ4n) is 11.6. The van der Waals surface area contributed by atoms with Crippen LogP contribution in [-0.4, -0.2) is 74.9 Å². The predicted molar refractivity (Wildman–Crippen MR) is 408 cm³/mol. The van der Waals surface area contributed by atoms with Crippen molar-refractivity contribution in [1.29, 1.82) is 0 Å². The summed E-state index contributed by atoms with van der Waals surface area (Å²) >= 11 is 0. The van der Waals surface area contributed by atoms with Crippen LogP contribution in [0.25, 0.3) is 0 Å². The van der Waals surface area contributed by atoms with Crippen LogP contribution in [0, 0.1) is 0 Å². The molecule has 0 aromatic heterocycles. The average molecular weight is 1340 g/mol. The van der Waals surface area contributed by atoms with E-state index in [-0.39, 0.29) is 25.6 Å². The number of allylic oxidation sites excluding steroid dienone is 16. The molecule has 0 radical (unpaired) electrons. The Hall–Kier alpha value is -3.07. The highest BCUT2D eigenvalue weighted by atomic mass is 31.2. The number of unbranched alkanes of at least 4 members (excludes halogenated alkanes) is 44. The Bertz CT molecular complexity index is 1910. The number of ether oxygens (including phenoxy) is 2. The lowest BCUT2D eigenvalue weighted by Gasteiger charge is -2.24. The van der Waals surface area contributed by atoms with Crippen LogP contribution < -0.4 is 0 Å².